The van der Waals surface area contributed by atoms with E-state index < -0.39 is 10.8 Å². The summed E-state index contributed by atoms with van der Waals surface area (Å²) < 4.78 is 17.7. The fraction of sp³-hybridized carbons (Fsp3) is 0.571. The summed E-state index contributed by atoms with van der Waals surface area (Å²) in [5, 5.41) is 0.758. The Morgan fingerprint density at radius 1 is 1.44 bits per heavy atom. The monoisotopic (exact) mass is 286 g/mol. The van der Waals surface area contributed by atoms with Crippen LogP contribution in [0.4, 0.5) is 0 Å². The van der Waals surface area contributed by atoms with E-state index in [0.717, 1.165) is 37.4 Å². The Balaban J connectivity index is 1.95. The molecule has 1 aromatic carbocycles. The third-order valence-electron chi connectivity index (χ3n) is 3.45. The summed E-state index contributed by atoms with van der Waals surface area (Å²) in [5.74, 6) is 1.32. The topological polar surface area (TPSA) is 26.3 Å². The molecule has 0 bridgehead atoms. The van der Waals surface area contributed by atoms with Gasteiger partial charge in [0.15, 0.2) is 0 Å². The number of rotatable bonds is 4. The van der Waals surface area contributed by atoms with Gasteiger partial charge in [0.05, 0.1) is 5.25 Å². The van der Waals surface area contributed by atoms with Crippen LogP contribution in [0.25, 0.3) is 0 Å². The van der Waals surface area contributed by atoms with Crippen molar-refractivity contribution in [2.45, 2.75) is 25.0 Å². The van der Waals surface area contributed by atoms with E-state index in [2.05, 4.69) is 0 Å². The fourth-order valence-electron chi connectivity index (χ4n) is 2.20. The molecule has 1 heterocycles. The first-order chi connectivity index (χ1) is 8.66. The van der Waals surface area contributed by atoms with Crippen molar-refractivity contribution < 1.29 is 8.95 Å². The van der Waals surface area contributed by atoms with Crippen molar-refractivity contribution in [2.75, 3.05) is 19.0 Å². The van der Waals surface area contributed by atoms with Crippen molar-refractivity contribution in [3.63, 3.8) is 0 Å². The van der Waals surface area contributed by atoms with Crippen LogP contribution >= 0.6 is 11.6 Å². The SMILES string of the molecule is CC(c1cccc(Cl)c1)S(=O)CC1CCOCC1. The Morgan fingerprint density at radius 2 is 2.17 bits per heavy atom. The van der Waals surface area contributed by atoms with E-state index >= 15 is 0 Å². The van der Waals surface area contributed by atoms with Gasteiger partial charge in [-0.05, 0) is 43.4 Å². The molecule has 18 heavy (non-hydrogen) atoms. The lowest BCUT2D eigenvalue weighted by molar-refractivity contribution is 0.0725. The van der Waals surface area contributed by atoms with Gasteiger partial charge in [-0.25, -0.2) is 0 Å². The average molecular weight is 287 g/mol. The number of benzene rings is 1. The smallest absolute Gasteiger partial charge is 0.0569 e. The Bertz CT molecular complexity index is 416. The van der Waals surface area contributed by atoms with Gasteiger partial charge >= 0.3 is 0 Å². The van der Waals surface area contributed by atoms with E-state index in [9.17, 15) is 4.21 Å². The maximum atomic E-state index is 12.4. The van der Waals surface area contributed by atoms with Crippen molar-refractivity contribution in [3.8, 4) is 0 Å². The third kappa shape index (κ3) is 3.81. The van der Waals surface area contributed by atoms with Crippen LogP contribution in [0.5, 0.6) is 0 Å². The maximum Gasteiger partial charge on any atom is 0.0569 e. The second-order valence-electron chi connectivity index (χ2n) is 4.80. The highest BCUT2D eigenvalue weighted by atomic mass is 35.5. The van der Waals surface area contributed by atoms with Crippen LogP contribution in [0.2, 0.25) is 5.02 Å². The number of halogens is 1. The van der Waals surface area contributed by atoms with Gasteiger partial charge in [0.1, 0.15) is 0 Å². The van der Waals surface area contributed by atoms with E-state index in [4.69, 9.17) is 16.3 Å². The Morgan fingerprint density at radius 3 is 2.83 bits per heavy atom. The maximum absolute atomic E-state index is 12.4. The lowest BCUT2D eigenvalue weighted by Crippen LogP contribution is -2.22. The zero-order valence-electron chi connectivity index (χ0n) is 10.6. The molecule has 1 fully saturated rings. The average Bonchev–Trinajstić information content (AvgIpc) is 2.39. The zero-order chi connectivity index (χ0) is 13.0. The molecule has 0 radical (unpaired) electrons. The molecular weight excluding hydrogens is 268 g/mol. The van der Waals surface area contributed by atoms with Gasteiger partial charge in [-0.15, -0.1) is 0 Å². The molecule has 2 atom stereocenters. The predicted octanol–water partition coefficient (Wildman–Crippen LogP) is 3.58. The van der Waals surface area contributed by atoms with Crippen LogP contribution in [-0.2, 0) is 15.5 Å². The highest BCUT2D eigenvalue weighted by Crippen LogP contribution is 2.25. The lowest BCUT2D eigenvalue weighted by atomic mass is 10.0. The van der Waals surface area contributed by atoms with Gasteiger partial charge in [0.2, 0.25) is 0 Å². The van der Waals surface area contributed by atoms with Gasteiger partial charge in [-0.2, -0.15) is 0 Å². The molecule has 0 aromatic heterocycles. The molecule has 0 amide bonds. The van der Waals surface area contributed by atoms with Crippen LogP contribution in [0, 0.1) is 5.92 Å². The second kappa shape index (κ2) is 6.69. The van der Waals surface area contributed by atoms with Crippen LogP contribution in [0.1, 0.15) is 30.6 Å². The molecule has 2 nitrogen and oxygen atoms in total. The van der Waals surface area contributed by atoms with Gasteiger partial charge in [0, 0.05) is 34.8 Å². The van der Waals surface area contributed by atoms with E-state index in [-0.39, 0.29) is 5.25 Å². The van der Waals surface area contributed by atoms with Crippen molar-refractivity contribution >= 4 is 22.4 Å². The fourth-order valence-corrected chi connectivity index (χ4v) is 3.94. The van der Waals surface area contributed by atoms with E-state index in [1.807, 2.05) is 31.2 Å². The molecule has 0 saturated carbocycles. The molecule has 1 aromatic rings. The van der Waals surface area contributed by atoms with E-state index in [1.165, 1.54) is 0 Å². The number of hydrogen-bond donors (Lipinski definition) is 0. The predicted molar refractivity (Wildman–Crippen MR) is 76.4 cm³/mol. The lowest BCUT2D eigenvalue weighted by Gasteiger charge is -2.23. The highest BCUT2D eigenvalue weighted by molar-refractivity contribution is 7.85. The molecule has 0 N–H and O–H groups in total. The molecule has 2 unspecified atom stereocenters. The van der Waals surface area contributed by atoms with Gasteiger partial charge in [-0.1, -0.05) is 23.7 Å². The minimum Gasteiger partial charge on any atom is -0.381 e. The summed E-state index contributed by atoms with van der Waals surface area (Å²) in [6.45, 7) is 3.64. The van der Waals surface area contributed by atoms with Crippen molar-refractivity contribution in [2.24, 2.45) is 5.92 Å². The molecule has 1 aliphatic heterocycles. The van der Waals surface area contributed by atoms with Crippen molar-refractivity contribution in [1.82, 2.24) is 0 Å². The molecule has 2 rings (SSSR count). The summed E-state index contributed by atoms with van der Waals surface area (Å²) in [7, 11) is -0.836. The Hall–Kier alpha value is -0.380. The Kier molecular flexibility index (Phi) is 5.22. The van der Waals surface area contributed by atoms with Crippen molar-refractivity contribution in [1.29, 1.82) is 0 Å². The number of ether oxygens (including phenoxy) is 1. The van der Waals surface area contributed by atoms with Crippen LogP contribution < -0.4 is 0 Å². The van der Waals surface area contributed by atoms with Gasteiger partial charge in [-0.3, -0.25) is 4.21 Å². The molecule has 0 spiro atoms. The molecule has 4 heteroatoms. The normalized spacial score (nSPS) is 20.6. The molecule has 1 saturated heterocycles. The largest absolute Gasteiger partial charge is 0.381 e. The molecular formula is C14H19ClO2S. The second-order valence-corrected chi connectivity index (χ2v) is 7.04. The minimum absolute atomic E-state index is 0.0477. The standard InChI is InChI=1S/C14H19ClO2S/c1-11(13-3-2-4-14(15)9-13)18(16)10-12-5-7-17-8-6-12/h2-4,9,11-12H,5-8,10H2,1H3. The summed E-state index contributed by atoms with van der Waals surface area (Å²) in [6, 6.07) is 7.67. The molecule has 0 aliphatic carbocycles. The Labute approximate surface area is 116 Å². The first-order valence-corrected chi connectivity index (χ1v) is 8.13. The van der Waals surface area contributed by atoms with Crippen molar-refractivity contribution in [3.05, 3.63) is 34.9 Å². The van der Waals surface area contributed by atoms with Crippen LogP contribution in [-0.4, -0.2) is 23.2 Å². The number of hydrogen-bond acceptors (Lipinski definition) is 2. The zero-order valence-corrected chi connectivity index (χ0v) is 12.2. The highest BCUT2D eigenvalue weighted by Gasteiger charge is 2.21. The first kappa shape index (κ1) is 14.0. The third-order valence-corrected chi connectivity index (χ3v) is 5.55. The first-order valence-electron chi connectivity index (χ1n) is 6.37. The van der Waals surface area contributed by atoms with E-state index in [1.54, 1.807) is 0 Å². The van der Waals surface area contributed by atoms with Crippen LogP contribution in [0.3, 0.4) is 0 Å². The van der Waals surface area contributed by atoms with Gasteiger partial charge < -0.3 is 4.74 Å². The quantitative estimate of drug-likeness (QED) is 0.846. The summed E-state index contributed by atoms with van der Waals surface area (Å²) in [6.07, 6.45) is 2.07. The van der Waals surface area contributed by atoms with Gasteiger partial charge in [0.25, 0.3) is 0 Å². The minimum atomic E-state index is -0.836. The summed E-state index contributed by atoms with van der Waals surface area (Å²) >= 11 is 5.97. The van der Waals surface area contributed by atoms with Crippen LogP contribution in [0.15, 0.2) is 24.3 Å². The summed E-state index contributed by atoms with van der Waals surface area (Å²) in [4.78, 5) is 0. The molecule has 1 aliphatic rings. The summed E-state index contributed by atoms with van der Waals surface area (Å²) in [5.41, 5.74) is 1.06. The molecule has 100 valence electrons. The van der Waals surface area contributed by atoms with E-state index in [0.29, 0.717) is 10.9 Å².